The summed E-state index contributed by atoms with van der Waals surface area (Å²) >= 11 is 0. The van der Waals surface area contributed by atoms with E-state index in [1.807, 2.05) is 6.92 Å². The van der Waals surface area contributed by atoms with Crippen LogP contribution in [0.3, 0.4) is 0 Å². The van der Waals surface area contributed by atoms with E-state index in [0.717, 1.165) is 18.6 Å². The van der Waals surface area contributed by atoms with Crippen molar-refractivity contribution < 1.29 is 4.79 Å². The number of hydrogen-bond acceptors (Lipinski definition) is 1. The van der Waals surface area contributed by atoms with Gasteiger partial charge in [0.2, 0.25) is 0 Å². The van der Waals surface area contributed by atoms with Gasteiger partial charge >= 0.3 is 0 Å². The Labute approximate surface area is 81.2 Å². The molecule has 0 radical (unpaired) electrons. The molecule has 1 nitrogen and oxygen atoms in total. The second kappa shape index (κ2) is 4.08. The molecule has 2 atom stereocenters. The third kappa shape index (κ3) is 2.68. The summed E-state index contributed by atoms with van der Waals surface area (Å²) in [6.45, 7) is 6.57. The van der Waals surface area contributed by atoms with Gasteiger partial charge in [-0.15, -0.1) is 0 Å². The number of carbonyl (C=O) groups is 1. The summed E-state index contributed by atoms with van der Waals surface area (Å²) < 4.78 is 0. The molecule has 0 saturated heterocycles. The average molecular weight is 180 g/mol. The van der Waals surface area contributed by atoms with Gasteiger partial charge in [-0.25, -0.2) is 0 Å². The fraction of sp³-hybridized carbons (Fsp3) is 0.750. The Bertz CT molecular complexity index is 203. The normalized spacial score (nSPS) is 27.5. The van der Waals surface area contributed by atoms with E-state index in [-0.39, 0.29) is 5.92 Å². The highest BCUT2D eigenvalue weighted by molar-refractivity contribution is 5.52. The lowest BCUT2D eigenvalue weighted by molar-refractivity contribution is -0.110. The third-order valence-corrected chi connectivity index (χ3v) is 3.22. The lowest BCUT2D eigenvalue weighted by Gasteiger charge is -2.26. The van der Waals surface area contributed by atoms with Crippen LogP contribution in [-0.4, -0.2) is 6.29 Å². The molecule has 0 fully saturated rings. The molecule has 0 aromatic heterocycles. The smallest absolute Gasteiger partial charge is 0.122 e. The van der Waals surface area contributed by atoms with Gasteiger partial charge in [0, 0.05) is 5.92 Å². The Balaban J connectivity index is 2.34. The van der Waals surface area contributed by atoms with Crippen molar-refractivity contribution in [3.8, 4) is 0 Å². The van der Waals surface area contributed by atoms with Gasteiger partial charge in [-0.1, -0.05) is 32.9 Å². The summed E-state index contributed by atoms with van der Waals surface area (Å²) in [4.78, 5) is 10.5. The van der Waals surface area contributed by atoms with Crippen molar-refractivity contribution in [3.05, 3.63) is 12.2 Å². The molecule has 13 heavy (non-hydrogen) atoms. The summed E-state index contributed by atoms with van der Waals surface area (Å²) in [5.74, 6) is 0.978. The lowest BCUT2D eigenvalue weighted by atomic mass is 9.78. The Morgan fingerprint density at radius 2 is 2.31 bits per heavy atom. The van der Waals surface area contributed by atoms with Crippen LogP contribution in [0.25, 0.3) is 0 Å². The van der Waals surface area contributed by atoms with Crippen LogP contribution in [0.5, 0.6) is 0 Å². The molecule has 0 saturated carbocycles. The second-order valence-corrected chi connectivity index (χ2v) is 4.85. The molecule has 1 aliphatic rings. The summed E-state index contributed by atoms with van der Waals surface area (Å²) in [6.07, 6.45) is 9.06. The van der Waals surface area contributed by atoms with E-state index in [1.54, 1.807) is 0 Å². The van der Waals surface area contributed by atoms with E-state index >= 15 is 0 Å². The first-order valence-corrected chi connectivity index (χ1v) is 5.19. The van der Waals surface area contributed by atoms with Crippen molar-refractivity contribution in [1.29, 1.82) is 0 Å². The Morgan fingerprint density at radius 1 is 1.62 bits per heavy atom. The Hall–Kier alpha value is -0.590. The van der Waals surface area contributed by atoms with Crippen molar-refractivity contribution in [2.75, 3.05) is 0 Å². The zero-order chi connectivity index (χ0) is 9.90. The molecule has 2 unspecified atom stereocenters. The topological polar surface area (TPSA) is 17.1 Å². The van der Waals surface area contributed by atoms with Crippen LogP contribution in [0.1, 0.15) is 40.0 Å². The molecule has 0 aromatic rings. The van der Waals surface area contributed by atoms with Crippen LogP contribution in [0.2, 0.25) is 0 Å². The van der Waals surface area contributed by atoms with E-state index in [0.29, 0.717) is 5.41 Å². The summed E-state index contributed by atoms with van der Waals surface area (Å²) in [5, 5.41) is 0. The Morgan fingerprint density at radius 3 is 2.77 bits per heavy atom. The molecule has 1 aliphatic carbocycles. The summed E-state index contributed by atoms with van der Waals surface area (Å²) in [6, 6.07) is 0. The van der Waals surface area contributed by atoms with Crippen molar-refractivity contribution >= 4 is 6.29 Å². The highest BCUT2D eigenvalue weighted by Gasteiger charge is 2.29. The monoisotopic (exact) mass is 180 g/mol. The first-order valence-electron chi connectivity index (χ1n) is 5.19. The minimum Gasteiger partial charge on any atom is -0.303 e. The molecule has 0 heterocycles. The fourth-order valence-corrected chi connectivity index (χ4v) is 2.00. The van der Waals surface area contributed by atoms with Crippen molar-refractivity contribution in [2.45, 2.75) is 40.0 Å². The summed E-state index contributed by atoms with van der Waals surface area (Å²) in [5.41, 5.74) is 0.350. The molecule has 0 aliphatic heterocycles. The number of allylic oxidation sites excluding steroid dienone is 2. The maximum atomic E-state index is 10.5. The zero-order valence-corrected chi connectivity index (χ0v) is 8.92. The van der Waals surface area contributed by atoms with Crippen LogP contribution >= 0.6 is 0 Å². The number of rotatable bonds is 4. The molecule has 0 amide bonds. The van der Waals surface area contributed by atoms with Crippen molar-refractivity contribution in [1.82, 2.24) is 0 Å². The third-order valence-electron chi connectivity index (χ3n) is 3.22. The first-order chi connectivity index (χ1) is 6.06. The average Bonchev–Trinajstić information content (AvgIpc) is 2.41. The minimum atomic E-state index is 0.233. The number of hydrogen-bond donors (Lipinski definition) is 0. The SMILES string of the molecule is CC(C=O)CCC1CC=CC1(C)C. The van der Waals surface area contributed by atoms with Crippen LogP contribution in [-0.2, 0) is 4.79 Å². The van der Waals surface area contributed by atoms with E-state index in [1.165, 1.54) is 12.8 Å². The molecule has 1 rings (SSSR count). The standard InChI is InChI=1S/C12H20O/c1-10(9-13)6-7-11-5-4-8-12(11,2)3/h4,8-11H,5-7H2,1-3H3. The quantitative estimate of drug-likeness (QED) is 0.479. The minimum absolute atomic E-state index is 0.233. The predicted molar refractivity (Wildman–Crippen MR) is 55.5 cm³/mol. The van der Waals surface area contributed by atoms with Gasteiger partial charge in [0.25, 0.3) is 0 Å². The van der Waals surface area contributed by atoms with Crippen LogP contribution in [0.4, 0.5) is 0 Å². The summed E-state index contributed by atoms with van der Waals surface area (Å²) in [7, 11) is 0. The van der Waals surface area contributed by atoms with Gasteiger partial charge in [-0.3, -0.25) is 0 Å². The first kappa shape index (κ1) is 10.5. The molecular formula is C12H20O. The number of aldehydes is 1. The van der Waals surface area contributed by atoms with E-state index in [9.17, 15) is 4.79 Å². The molecule has 74 valence electrons. The van der Waals surface area contributed by atoms with E-state index in [2.05, 4.69) is 26.0 Å². The Kier molecular flexibility index (Phi) is 3.29. The molecule has 0 N–H and O–H groups in total. The predicted octanol–water partition coefficient (Wildman–Crippen LogP) is 3.20. The molecule has 0 spiro atoms. The van der Waals surface area contributed by atoms with E-state index in [4.69, 9.17) is 0 Å². The van der Waals surface area contributed by atoms with Crippen LogP contribution in [0.15, 0.2) is 12.2 Å². The van der Waals surface area contributed by atoms with Gasteiger partial charge < -0.3 is 4.79 Å². The fourth-order valence-electron chi connectivity index (χ4n) is 2.00. The molecular weight excluding hydrogens is 160 g/mol. The second-order valence-electron chi connectivity index (χ2n) is 4.85. The number of carbonyl (C=O) groups excluding carboxylic acids is 1. The van der Waals surface area contributed by atoms with Gasteiger partial charge in [-0.2, -0.15) is 0 Å². The van der Waals surface area contributed by atoms with Crippen LogP contribution in [0, 0.1) is 17.3 Å². The van der Waals surface area contributed by atoms with Crippen molar-refractivity contribution in [2.24, 2.45) is 17.3 Å². The maximum Gasteiger partial charge on any atom is 0.122 e. The molecule has 0 bridgehead atoms. The highest BCUT2D eigenvalue weighted by atomic mass is 16.1. The van der Waals surface area contributed by atoms with Gasteiger partial charge in [0.15, 0.2) is 0 Å². The van der Waals surface area contributed by atoms with Crippen LogP contribution < -0.4 is 0 Å². The van der Waals surface area contributed by atoms with Gasteiger partial charge in [0.05, 0.1) is 0 Å². The zero-order valence-electron chi connectivity index (χ0n) is 8.92. The molecule has 1 heteroatoms. The van der Waals surface area contributed by atoms with Gasteiger partial charge in [-0.05, 0) is 30.6 Å². The largest absolute Gasteiger partial charge is 0.303 e. The highest BCUT2D eigenvalue weighted by Crippen LogP contribution is 2.40. The molecule has 0 aromatic carbocycles. The van der Waals surface area contributed by atoms with E-state index < -0.39 is 0 Å². The maximum absolute atomic E-state index is 10.5. The van der Waals surface area contributed by atoms with Crippen molar-refractivity contribution in [3.63, 3.8) is 0 Å². The lowest BCUT2D eigenvalue weighted by Crippen LogP contribution is -2.18. The van der Waals surface area contributed by atoms with Gasteiger partial charge in [0.1, 0.15) is 6.29 Å².